The minimum atomic E-state index is -3.92. The second-order valence-corrected chi connectivity index (χ2v) is 9.24. The number of nitrogens with one attached hydrogen (secondary N) is 2. The van der Waals surface area contributed by atoms with Crippen molar-refractivity contribution in [2.75, 3.05) is 18.2 Å². The van der Waals surface area contributed by atoms with Gasteiger partial charge in [-0.1, -0.05) is 44.2 Å². The monoisotopic (exact) mass is 486 g/mol. The van der Waals surface area contributed by atoms with Gasteiger partial charge in [0.2, 0.25) is 21.9 Å². The quantitative estimate of drug-likeness (QED) is 0.363. The fraction of sp³-hybridized carbons (Fsp3) is 0.273. The Bertz CT molecular complexity index is 1240. The maximum Gasteiger partial charge on any atom is 0.324 e. The molecule has 0 aliphatic rings. The van der Waals surface area contributed by atoms with E-state index in [4.69, 9.17) is 15.2 Å². The number of ether oxygens (including phenoxy) is 2. The SMILES string of the molecule is COc1ccccc1Nc1nc(N)nc(COC(=O)[C@@H](NS(=O)(=O)c2ccccc2)C(C)C)n1. The predicted molar refractivity (Wildman–Crippen MR) is 126 cm³/mol. The third-order valence-electron chi connectivity index (χ3n) is 4.65. The van der Waals surface area contributed by atoms with E-state index in [1.165, 1.54) is 19.2 Å². The molecular weight excluding hydrogens is 460 g/mol. The van der Waals surface area contributed by atoms with Gasteiger partial charge in [0, 0.05) is 0 Å². The van der Waals surface area contributed by atoms with E-state index >= 15 is 0 Å². The molecule has 1 heterocycles. The van der Waals surface area contributed by atoms with E-state index in [1.807, 2.05) is 6.07 Å². The van der Waals surface area contributed by atoms with Crippen LogP contribution >= 0.6 is 0 Å². The van der Waals surface area contributed by atoms with Crippen LogP contribution in [-0.2, 0) is 26.2 Å². The number of rotatable bonds is 10. The number of aromatic nitrogens is 3. The summed E-state index contributed by atoms with van der Waals surface area (Å²) < 4.78 is 38.3. The van der Waals surface area contributed by atoms with Crippen molar-refractivity contribution < 1.29 is 22.7 Å². The Morgan fingerprint density at radius 2 is 1.71 bits per heavy atom. The summed E-state index contributed by atoms with van der Waals surface area (Å²) in [5.74, 6) is -0.437. The number of carbonyl (C=O) groups excluding carboxylic acids is 1. The first kappa shape index (κ1) is 24.9. The van der Waals surface area contributed by atoms with Gasteiger partial charge in [-0.05, 0) is 30.2 Å². The first-order valence-electron chi connectivity index (χ1n) is 10.3. The molecule has 1 aromatic heterocycles. The normalized spacial score (nSPS) is 12.2. The number of nitrogens with two attached hydrogens (primary N) is 1. The molecule has 3 aromatic rings. The molecule has 0 saturated heterocycles. The summed E-state index contributed by atoms with van der Waals surface area (Å²) >= 11 is 0. The Morgan fingerprint density at radius 3 is 2.38 bits per heavy atom. The van der Waals surface area contributed by atoms with Gasteiger partial charge in [0.25, 0.3) is 0 Å². The van der Waals surface area contributed by atoms with Gasteiger partial charge in [0.15, 0.2) is 12.4 Å². The van der Waals surface area contributed by atoms with Crippen LogP contribution in [0.2, 0.25) is 0 Å². The second kappa shape index (κ2) is 10.9. The minimum Gasteiger partial charge on any atom is -0.495 e. The fourth-order valence-corrected chi connectivity index (χ4v) is 4.30. The van der Waals surface area contributed by atoms with Crippen LogP contribution < -0.4 is 20.5 Å². The van der Waals surface area contributed by atoms with Gasteiger partial charge in [-0.15, -0.1) is 0 Å². The van der Waals surface area contributed by atoms with E-state index in [2.05, 4.69) is 25.0 Å². The van der Waals surface area contributed by atoms with Crippen LogP contribution in [0, 0.1) is 5.92 Å². The molecule has 0 aliphatic carbocycles. The van der Waals surface area contributed by atoms with Gasteiger partial charge in [-0.3, -0.25) is 4.79 Å². The number of para-hydroxylation sites is 2. The molecule has 0 unspecified atom stereocenters. The van der Waals surface area contributed by atoms with Crippen LogP contribution in [0.3, 0.4) is 0 Å². The van der Waals surface area contributed by atoms with Crippen LogP contribution in [0.4, 0.5) is 17.6 Å². The maximum atomic E-state index is 12.7. The Hall–Kier alpha value is -3.77. The highest BCUT2D eigenvalue weighted by Crippen LogP contribution is 2.25. The highest BCUT2D eigenvalue weighted by atomic mass is 32.2. The molecule has 34 heavy (non-hydrogen) atoms. The smallest absolute Gasteiger partial charge is 0.324 e. The topological polar surface area (TPSA) is 158 Å². The molecule has 11 nitrogen and oxygen atoms in total. The van der Waals surface area contributed by atoms with Crippen molar-refractivity contribution in [3.63, 3.8) is 0 Å². The van der Waals surface area contributed by atoms with E-state index < -0.39 is 22.0 Å². The van der Waals surface area contributed by atoms with E-state index in [0.29, 0.717) is 11.4 Å². The summed E-state index contributed by atoms with van der Waals surface area (Å²) in [5, 5.41) is 2.98. The standard InChI is InChI=1S/C22H26N6O5S/c1-14(2)19(28-34(30,31)15-9-5-4-6-10-15)20(29)33-13-18-25-21(23)27-22(26-18)24-16-11-7-8-12-17(16)32-3/h4-12,14,19,28H,13H2,1-3H3,(H3,23,24,25,26,27)/t19-/m0/s1. The molecule has 3 rings (SSSR count). The molecule has 0 fully saturated rings. The zero-order chi connectivity index (χ0) is 24.7. The Balaban J connectivity index is 1.71. The lowest BCUT2D eigenvalue weighted by molar-refractivity contribution is -0.148. The minimum absolute atomic E-state index is 0.0470. The Labute approximate surface area is 197 Å². The van der Waals surface area contributed by atoms with Crippen molar-refractivity contribution in [2.45, 2.75) is 31.4 Å². The number of hydrogen-bond acceptors (Lipinski definition) is 10. The first-order chi connectivity index (χ1) is 16.2. The van der Waals surface area contributed by atoms with Crippen LogP contribution in [-0.4, -0.2) is 42.5 Å². The highest BCUT2D eigenvalue weighted by molar-refractivity contribution is 7.89. The lowest BCUT2D eigenvalue weighted by Crippen LogP contribution is -2.45. The molecule has 2 aromatic carbocycles. The van der Waals surface area contributed by atoms with Crippen molar-refractivity contribution in [1.82, 2.24) is 19.7 Å². The largest absolute Gasteiger partial charge is 0.495 e. The zero-order valence-electron chi connectivity index (χ0n) is 18.9. The number of nitrogen functional groups attached to an aromatic ring is 1. The summed E-state index contributed by atoms with van der Waals surface area (Å²) in [6.45, 7) is 3.08. The molecule has 0 bridgehead atoms. The molecule has 1 atom stereocenters. The van der Waals surface area contributed by atoms with Crippen LogP contribution in [0.15, 0.2) is 59.5 Å². The third-order valence-corrected chi connectivity index (χ3v) is 6.11. The van der Waals surface area contributed by atoms with E-state index in [0.717, 1.165) is 0 Å². The molecule has 4 N–H and O–H groups in total. The van der Waals surface area contributed by atoms with Crippen molar-refractivity contribution in [3.8, 4) is 5.75 Å². The molecule has 0 radical (unpaired) electrons. The van der Waals surface area contributed by atoms with Crippen LogP contribution in [0.25, 0.3) is 0 Å². The van der Waals surface area contributed by atoms with Crippen molar-refractivity contribution >= 4 is 33.6 Å². The number of methoxy groups -OCH3 is 1. The average molecular weight is 487 g/mol. The highest BCUT2D eigenvalue weighted by Gasteiger charge is 2.30. The number of hydrogen-bond donors (Lipinski definition) is 3. The molecule has 0 aliphatic heterocycles. The molecule has 0 spiro atoms. The number of esters is 1. The Morgan fingerprint density at radius 1 is 1.03 bits per heavy atom. The lowest BCUT2D eigenvalue weighted by Gasteiger charge is -2.20. The summed E-state index contributed by atoms with van der Waals surface area (Å²) in [7, 11) is -2.39. The van der Waals surface area contributed by atoms with E-state index in [9.17, 15) is 13.2 Å². The zero-order valence-corrected chi connectivity index (χ0v) is 19.7. The van der Waals surface area contributed by atoms with Gasteiger partial charge in [0.05, 0.1) is 17.7 Å². The summed E-state index contributed by atoms with van der Waals surface area (Å²) in [4.78, 5) is 25.0. The van der Waals surface area contributed by atoms with Gasteiger partial charge >= 0.3 is 5.97 Å². The number of anilines is 3. The molecule has 0 amide bonds. The van der Waals surface area contributed by atoms with E-state index in [1.54, 1.807) is 50.2 Å². The Kier molecular flexibility index (Phi) is 7.97. The maximum absolute atomic E-state index is 12.7. The van der Waals surface area contributed by atoms with Crippen LogP contribution in [0.1, 0.15) is 19.7 Å². The molecular formula is C22H26N6O5S. The summed E-state index contributed by atoms with van der Waals surface area (Å²) in [6, 6.07) is 13.8. The fourth-order valence-electron chi connectivity index (χ4n) is 2.94. The second-order valence-electron chi connectivity index (χ2n) is 7.52. The van der Waals surface area contributed by atoms with Crippen molar-refractivity contribution in [1.29, 1.82) is 0 Å². The van der Waals surface area contributed by atoms with Crippen molar-refractivity contribution in [2.24, 2.45) is 5.92 Å². The van der Waals surface area contributed by atoms with Crippen molar-refractivity contribution in [3.05, 3.63) is 60.4 Å². The summed E-state index contributed by atoms with van der Waals surface area (Å²) in [5.41, 5.74) is 6.39. The van der Waals surface area contributed by atoms with Gasteiger partial charge in [0.1, 0.15) is 11.8 Å². The average Bonchev–Trinajstić information content (AvgIpc) is 2.81. The van der Waals surface area contributed by atoms with Crippen LogP contribution in [0.5, 0.6) is 5.75 Å². The van der Waals surface area contributed by atoms with E-state index in [-0.39, 0.29) is 35.1 Å². The third kappa shape index (κ3) is 6.39. The van der Waals surface area contributed by atoms with Gasteiger partial charge < -0.3 is 20.5 Å². The molecule has 12 heteroatoms. The number of carbonyl (C=O) groups is 1. The predicted octanol–water partition coefficient (Wildman–Crippen LogP) is 2.25. The summed E-state index contributed by atoms with van der Waals surface area (Å²) in [6.07, 6.45) is 0. The molecule has 180 valence electrons. The number of sulfonamides is 1. The molecule has 0 saturated carbocycles. The lowest BCUT2D eigenvalue weighted by atomic mass is 10.1. The number of nitrogens with zero attached hydrogens (tertiary/aromatic N) is 3. The number of benzene rings is 2. The van der Waals surface area contributed by atoms with Gasteiger partial charge in [-0.2, -0.15) is 19.7 Å². The van der Waals surface area contributed by atoms with Gasteiger partial charge in [-0.25, -0.2) is 8.42 Å². The first-order valence-corrected chi connectivity index (χ1v) is 11.8.